The third-order valence-corrected chi connectivity index (χ3v) is 5.86. The van der Waals surface area contributed by atoms with Gasteiger partial charge in [0.15, 0.2) is 23.0 Å². The number of nitrogens with one attached hydrogen (secondary N) is 1. The summed E-state index contributed by atoms with van der Waals surface area (Å²) in [6, 6.07) is 12.8. The normalized spacial score (nSPS) is 16.6. The molecule has 6 nitrogen and oxygen atoms in total. The van der Waals surface area contributed by atoms with Crippen LogP contribution in [-0.4, -0.2) is 34.1 Å². The first-order valence-corrected chi connectivity index (χ1v) is 10.1. The Kier molecular flexibility index (Phi) is 4.40. The van der Waals surface area contributed by atoms with E-state index in [1.54, 1.807) is 14.2 Å². The summed E-state index contributed by atoms with van der Waals surface area (Å²) in [5, 5.41) is 5.96. The summed E-state index contributed by atoms with van der Waals surface area (Å²) in [5.74, 6) is 3.07. The molecule has 0 saturated heterocycles. The molecule has 5 rings (SSSR count). The second kappa shape index (κ2) is 6.99. The quantitative estimate of drug-likeness (QED) is 0.678. The van der Waals surface area contributed by atoms with Gasteiger partial charge in [0.1, 0.15) is 6.17 Å². The number of fused-ring (bicyclic) bond motifs is 6. The Labute approximate surface area is 176 Å². The van der Waals surface area contributed by atoms with Gasteiger partial charge in [-0.15, -0.1) is 0 Å². The predicted molar refractivity (Wildman–Crippen MR) is 118 cm³/mol. The average Bonchev–Trinajstić information content (AvgIpc) is 3.20. The molecule has 1 atom stereocenters. The van der Waals surface area contributed by atoms with Crippen LogP contribution in [-0.2, 0) is 0 Å². The summed E-state index contributed by atoms with van der Waals surface area (Å²) in [7, 11) is 5.48. The molecule has 3 aromatic carbocycles. The van der Waals surface area contributed by atoms with Crippen LogP contribution in [0.5, 0.6) is 23.0 Å². The summed E-state index contributed by atoms with van der Waals surface area (Å²) >= 11 is 0. The monoisotopic (exact) mass is 406 g/mol. The van der Waals surface area contributed by atoms with Gasteiger partial charge in [-0.1, -0.05) is 12.1 Å². The third-order valence-electron chi connectivity index (χ3n) is 5.86. The van der Waals surface area contributed by atoms with E-state index in [1.165, 1.54) is 0 Å². The fourth-order valence-corrected chi connectivity index (χ4v) is 4.59. The van der Waals surface area contributed by atoms with Crippen molar-refractivity contribution in [2.45, 2.75) is 26.1 Å². The maximum Gasteiger partial charge on any atom is 0.231 e. The number of ether oxygens (including phenoxy) is 4. The van der Waals surface area contributed by atoms with E-state index in [0.717, 1.165) is 56.1 Å². The van der Waals surface area contributed by atoms with E-state index >= 15 is 0 Å². The Morgan fingerprint density at radius 2 is 1.73 bits per heavy atom. The number of benzene rings is 3. The lowest BCUT2D eigenvalue weighted by molar-refractivity contribution is 0.174. The molecular formula is C24H26N2O4. The molecule has 2 aliphatic heterocycles. The molecule has 0 radical (unpaired) electrons. The smallest absolute Gasteiger partial charge is 0.231 e. The van der Waals surface area contributed by atoms with Crippen LogP contribution in [0.25, 0.3) is 21.9 Å². The van der Waals surface area contributed by atoms with Crippen LogP contribution in [0.1, 0.15) is 25.6 Å². The van der Waals surface area contributed by atoms with Gasteiger partial charge in [-0.05, 0) is 49.1 Å². The van der Waals surface area contributed by atoms with Crippen molar-refractivity contribution in [3.63, 3.8) is 0 Å². The molecule has 1 unspecified atom stereocenters. The highest BCUT2D eigenvalue weighted by Gasteiger charge is 2.35. The highest BCUT2D eigenvalue weighted by atomic mass is 16.7. The van der Waals surface area contributed by atoms with Gasteiger partial charge >= 0.3 is 0 Å². The van der Waals surface area contributed by atoms with E-state index in [0.29, 0.717) is 0 Å². The molecule has 0 bridgehead atoms. The lowest BCUT2D eigenvalue weighted by Crippen LogP contribution is -2.42. The Morgan fingerprint density at radius 3 is 2.43 bits per heavy atom. The summed E-state index contributed by atoms with van der Waals surface area (Å²) in [6.07, 6.45) is -0.0754. The van der Waals surface area contributed by atoms with Gasteiger partial charge in [0.05, 0.1) is 19.9 Å². The zero-order valence-corrected chi connectivity index (χ0v) is 17.9. The maximum absolute atomic E-state index is 5.83. The van der Waals surface area contributed by atoms with Gasteiger partial charge in [-0.2, -0.15) is 0 Å². The first kappa shape index (κ1) is 18.9. The van der Waals surface area contributed by atoms with Crippen molar-refractivity contribution in [2.75, 3.05) is 33.0 Å². The van der Waals surface area contributed by atoms with Gasteiger partial charge in [-0.3, -0.25) is 5.32 Å². The fraction of sp³-hybridized carbons (Fsp3) is 0.333. The van der Waals surface area contributed by atoms with E-state index in [2.05, 4.69) is 61.4 Å². The van der Waals surface area contributed by atoms with Gasteiger partial charge in [0.2, 0.25) is 6.79 Å². The van der Waals surface area contributed by atoms with Gasteiger partial charge in [0, 0.05) is 29.6 Å². The maximum atomic E-state index is 5.83. The van der Waals surface area contributed by atoms with E-state index in [-0.39, 0.29) is 19.0 Å². The molecule has 30 heavy (non-hydrogen) atoms. The molecule has 6 heteroatoms. The van der Waals surface area contributed by atoms with E-state index < -0.39 is 0 Å². The molecule has 2 heterocycles. The van der Waals surface area contributed by atoms with Gasteiger partial charge in [-0.25, -0.2) is 0 Å². The molecule has 0 saturated carbocycles. The van der Waals surface area contributed by atoms with E-state index in [9.17, 15) is 0 Å². The molecule has 156 valence electrons. The molecule has 0 aromatic heterocycles. The minimum atomic E-state index is -0.0754. The van der Waals surface area contributed by atoms with Crippen LogP contribution < -0.4 is 29.2 Å². The molecule has 0 amide bonds. The molecule has 1 N–H and O–H groups in total. The molecule has 3 aromatic rings. The van der Waals surface area contributed by atoms with E-state index in [4.69, 9.17) is 18.9 Å². The third kappa shape index (κ3) is 2.67. The topological polar surface area (TPSA) is 52.2 Å². The fourth-order valence-electron chi connectivity index (χ4n) is 4.59. The lowest BCUT2D eigenvalue weighted by Gasteiger charge is -2.40. The van der Waals surface area contributed by atoms with Crippen LogP contribution in [0.2, 0.25) is 0 Å². The van der Waals surface area contributed by atoms with Crippen LogP contribution in [0.3, 0.4) is 0 Å². The average molecular weight is 406 g/mol. The number of anilines is 1. The summed E-state index contributed by atoms with van der Waals surface area (Å²) in [5.41, 5.74) is 4.53. The zero-order valence-electron chi connectivity index (χ0n) is 17.9. The van der Waals surface area contributed by atoms with Gasteiger partial charge in [0.25, 0.3) is 0 Å². The minimum Gasteiger partial charge on any atom is -0.493 e. The molecule has 0 aliphatic carbocycles. The van der Waals surface area contributed by atoms with Crippen LogP contribution >= 0.6 is 0 Å². The van der Waals surface area contributed by atoms with Crippen molar-refractivity contribution < 1.29 is 18.9 Å². The van der Waals surface area contributed by atoms with Crippen molar-refractivity contribution in [3.8, 4) is 34.1 Å². The highest BCUT2D eigenvalue weighted by molar-refractivity contribution is 6.05. The standard InChI is InChI=1S/C24H26N2O4/c1-13(2)25-24-21-15(8-9-18(27-4)23(21)28-5)16-7-6-14-10-19-20(30-12-29-19)11-17(14)22(16)26(24)3/h6-11,13,24-25H,12H2,1-5H3. The number of hydrogen-bond donors (Lipinski definition) is 1. The first-order chi connectivity index (χ1) is 14.5. The van der Waals surface area contributed by atoms with Crippen LogP contribution in [0.15, 0.2) is 36.4 Å². The Hall–Kier alpha value is -3.12. The van der Waals surface area contributed by atoms with Crippen molar-refractivity contribution in [1.82, 2.24) is 5.32 Å². The largest absolute Gasteiger partial charge is 0.493 e. The second-order valence-electron chi connectivity index (χ2n) is 7.99. The SMILES string of the molecule is COc1ccc2c(c1OC)C(NC(C)C)N(C)c1c-2ccc2cc3c(cc12)OCO3. The summed E-state index contributed by atoms with van der Waals surface area (Å²) in [6.45, 7) is 4.56. The first-order valence-electron chi connectivity index (χ1n) is 10.1. The lowest BCUT2D eigenvalue weighted by atomic mass is 9.87. The second-order valence-corrected chi connectivity index (χ2v) is 7.99. The number of methoxy groups -OCH3 is 2. The van der Waals surface area contributed by atoms with Crippen molar-refractivity contribution in [3.05, 3.63) is 42.0 Å². The molecule has 0 fully saturated rings. The van der Waals surface area contributed by atoms with Crippen molar-refractivity contribution in [2.24, 2.45) is 0 Å². The Morgan fingerprint density at radius 1 is 1.00 bits per heavy atom. The zero-order chi connectivity index (χ0) is 21.0. The van der Waals surface area contributed by atoms with Crippen molar-refractivity contribution in [1.29, 1.82) is 0 Å². The highest BCUT2D eigenvalue weighted by Crippen LogP contribution is 2.52. The summed E-state index contributed by atoms with van der Waals surface area (Å²) < 4.78 is 22.7. The number of nitrogens with zero attached hydrogens (tertiary/aromatic N) is 1. The Bertz CT molecular complexity index is 1140. The number of hydrogen-bond acceptors (Lipinski definition) is 6. The predicted octanol–water partition coefficient (Wildman–Crippen LogP) is 4.70. The van der Waals surface area contributed by atoms with Crippen LogP contribution in [0.4, 0.5) is 5.69 Å². The van der Waals surface area contributed by atoms with Crippen molar-refractivity contribution >= 4 is 16.5 Å². The summed E-state index contributed by atoms with van der Waals surface area (Å²) in [4.78, 5) is 2.28. The number of rotatable bonds is 4. The molecular weight excluding hydrogens is 380 g/mol. The molecule has 2 aliphatic rings. The van der Waals surface area contributed by atoms with E-state index in [1.807, 2.05) is 6.07 Å². The molecule has 0 spiro atoms. The van der Waals surface area contributed by atoms with Crippen LogP contribution in [0, 0.1) is 0 Å². The minimum absolute atomic E-state index is 0.0754. The van der Waals surface area contributed by atoms with Gasteiger partial charge < -0.3 is 23.8 Å². The Balaban J connectivity index is 1.82.